The fourth-order valence-corrected chi connectivity index (χ4v) is 5.63. The maximum absolute atomic E-state index is 12.9. The maximum atomic E-state index is 12.9. The summed E-state index contributed by atoms with van der Waals surface area (Å²) in [5.74, 6) is -1.69. The molecule has 0 radical (unpaired) electrons. The number of carbonyl (C=O) groups is 3. The van der Waals surface area contributed by atoms with E-state index in [1.54, 1.807) is 60.5 Å². The molecule has 13 nitrogen and oxygen atoms in total. The minimum absolute atomic E-state index is 0. The molecule has 2 heterocycles. The van der Waals surface area contributed by atoms with Gasteiger partial charge in [0.05, 0.1) is 36.2 Å². The van der Waals surface area contributed by atoms with Gasteiger partial charge in [-0.3, -0.25) is 9.69 Å². The molecule has 1 aromatic heterocycles. The molecule has 1 amide bonds. The lowest BCUT2D eigenvalue weighted by Gasteiger charge is -2.32. The van der Waals surface area contributed by atoms with Crippen molar-refractivity contribution in [1.82, 2.24) is 14.8 Å². The van der Waals surface area contributed by atoms with Crippen molar-refractivity contribution in [2.75, 3.05) is 58.8 Å². The summed E-state index contributed by atoms with van der Waals surface area (Å²) in [4.78, 5) is 49.2. The number of carboxylic acids is 1. The van der Waals surface area contributed by atoms with E-state index >= 15 is 0 Å². The Morgan fingerprint density at radius 3 is 2.10 bits per heavy atom. The Labute approximate surface area is 301 Å². The number of hydrogen-bond acceptors (Lipinski definition) is 9. The first-order valence-electron chi connectivity index (χ1n) is 16.4. The Hall–Kier alpha value is -5.86. The van der Waals surface area contributed by atoms with Crippen LogP contribution in [0.15, 0.2) is 108 Å². The van der Waals surface area contributed by atoms with E-state index in [1.807, 2.05) is 54.6 Å². The molecule has 0 bridgehead atoms. The highest BCUT2D eigenvalue weighted by Gasteiger charge is 2.22. The molecule has 1 atom stereocenters. The number of nitrogens with zero attached hydrogens (tertiary/aromatic N) is 4. The molecule has 272 valence electrons. The molecule has 1 fully saturated rings. The Kier molecular flexibility index (Phi) is 13.4. The Morgan fingerprint density at radius 1 is 0.885 bits per heavy atom. The number of fused-ring (bicyclic) bond motifs is 1. The van der Waals surface area contributed by atoms with Crippen molar-refractivity contribution in [3.8, 4) is 5.88 Å². The predicted octanol–water partition coefficient (Wildman–Crippen LogP) is 4.02. The number of piperazine rings is 1. The number of esters is 1. The van der Waals surface area contributed by atoms with Crippen LogP contribution >= 0.6 is 0 Å². The Balaban J connectivity index is 0.000000433. The molecule has 6 rings (SSSR count). The number of rotatable bonds is 9. The first-order chi connectivity index (χ1) is 24.5. The minimum atomic E-state index is -1.41. The predicted molar refractivity (Wildman–Crippen MR) is 199 cm³/mol. The van der Waals surface area contributed by atoms with E-state index in [4.69, 9.17) is 19.9 Å². The SMILES string of the molecule is COC(=O)c1ccc2c(C(=Nc3ccc(N(C)C(=O)CN4CCN(C)CC4)cc3)c3ccccc3)c(O)[nH]c2c1.O.O=C(O)C(O)c1ccccc1. The minimum Gasteiger partial charge on any atom is -0.494 e. The number of methoxy groups -OCH3 is 1. The number of nitrogens with one attached hydrogen (secondary N) is 1. The molecule has 1 unspecified atom stereocenters. The number of amides is 1. The number of aromatic hydroxyl groups is 1. The van der Waals surface area contributed by atoms with E-state index in [-0.39, 0.29) is 17.3 Å². The molecule has 1 aliphatic rings. The zero-order chi connectivity index (χ0) is 36.5. The molecule has 1 aliphatic heterocycles. The third kappa shape index (κ3) is 9.47. The quantitative estimate of drug-likeness (QED) is 0.129. The van der Waals surface area contributed by atoms with E-state index in [9.17, 15) is 19.5 Å². The molecular formula is C39H43N5O8. The van der Waals surface area contributed by atoms with Gasteiger partial charge in [0.1, 0.15) is 0 Å². The summed E-state index contributed by atoms with van der Waals surface area (Å²) in [5, 5.41) is 29.1. The molecule has 4 aromatic carbocycles. The van der Waals surface area contributed by atoms with Gasteiger partial charge in [-0.25, -0.2) is 14.6 Å². The number of hydrogen-bond donors (Lipinski definition) is 4. The number of anilines is 1. The molecule has 6 N–H and O–H groups in total. The summed E-state index contributed by atoms with van der Waals surface area (Å²) in [6.45, 7) is 4.09. The lowest BCUT2D eigenvalue weighted by Crippen LogP contribution is -2.48. The fraction of sp³-hybridized carbons (Fsp3) is 0.231. The second-order valence-electron chi connectivity index (χ2n) is 12.1. The van der Waals surface area contributed by atoms with Crippen molar-refractivity contribution < 1.29 is 39.9 Å². The van der Waals surface area contributed by atoms with Crippen molar-refractivity contribution in [1.29, 1.82) is 0 Å². The van der Waals surface area contributed by atoms with Crippen molar-refractivity contribution in [2.24, 2.45) is 4.99 Å². The van der Waals surface area contributed by atoms with Crippen LogP contribution in [0.5, 0.6) is 5.88 Å². The zero-order valence-corrected chi connectivity index (χ0v) is 29.2. The Bertz CT molecular complexity index is 1990. The van der Waals surface area contributed by atoms with E-state index < -0.39 is 18.0 Å². The molecule has 0 aliphatic carbocycles. The number of carboxylic acid groups (broad SMARTS) is 1. The Morgan fingerprint density at radius 2 is 1.50 bits per heavy atom. The monoisotopic (exact) mass is 709 g/mol. The van der Waals surface area contributed by atoms with E-state index in [2.05, 4.69) is 21.8 Å². The standard InChI is InChI=1S/C31H33N5O4.C8H8O3.H2O/c1-34-15-17-36(18-16-34)20-27(37)35(2)24-12-10-23(11-13-24)32-29(21-7-5-4-6-8-21)28-25-14-9-22(31(39)40-3)19-26(25)33-30(28)38;9-7(8(10)11)6-4-2-1-3-5-6;/h4-14,19,33,38H,15-18,20H2,1-3H3;1-5,7,9H,(H,10,11);1H2. The number of benzene rings is 4. The number of aliphatic hydroxyl groups excluding tert-OH is 1. The zero-order valence-electron chi connectivity index (χ0n) is 29.2. The third-order valence-corrected chi connectivity index (χ3v) is 8.64. The number of aliphatic hydroxyl groups is 1. The highest BCUT2D eigenvalue weighted by atomic mass is 16.5. The molecule has 52 heavy (non-hydrogen) atoms. The van der Waals surface area contributed by atoms with Crippen molar-refractivity contribution in [2.45, 2.75) is 6.10 Å². The van der Waals surface area contributed by atoms with Crippen LogP contribution < -0.4 is 4.90 Å². The van der Waals surface area contributed by atoms with Crippen LogP contribution in [-0.4, -0.2) is 113 Å². The number of aromatic nitrogens is 1. The van der Waals surface area contributed by atoms with Gasteiger partial charge in [0.15, 0.2) is 12.0 Å². The summed E-state index contributed by atoms with van der Waals surface area (Å²) in [5.41, 5.74) is 4.74. The largest absolute Gasteiger partial charge is 0.494 e. The maximum Gasteiger partial charge on any atom is 0.337 e. The third-order valence-electron chi connectivity index (χ3n) is 8.64. The first-order valence-corrected chi connectivity index (χ1v) is 16.4. The smallest absolute Gasteiger partial charge is 0.337 e. The molecular weight excluding hydrogens is 666 g/mol. The highest BCUT2D eigenvalue weighted by Crippen LogP contribution is 2.32. The summed E-state index contributed by atoms with van der Waals surface area (Å²) < 4.78 is 4.83. The van der Waals surface area contributed by atoms with Crippen LogP contribution in [0, 0.1) is 0 Å². The molecule has 0 spiro atoms. The van der Waals surface area contributed by atoms with Crippen molar-refractivity contribution in [3.05, 3.63) is 125 Å². The summed E-state index contributed by atoms with van der Waals surface area (Å²) in [6, 6.07) is 30.4. The average molecular weight is 710 g/mol. The van der Waals surface area contributed by atoms with Crippen LogP contribution in [0.1, 0.15) is 33.2 Å². The number of ether oxygens (including phenoxy) is 1. The highest BCUT2D eigenvalue weighted by molar-refractivity contribution is 6.22. The van der Waals surface area contributed by atoms with Crippen molar-refractivity contribution in [3.63, 3.8) is 0 Å². The van der Waals surface area contributed by atoms with Gasteiger partial charge in [0.2, 0.25) is 5.91 Å². The summed E-state index contributed by atoms with van der Waals surface area (Å²) in [7, 11) is 5.22. The second-order valence-corrected chi connectivity index (χ2v) is 12.1. The number of aliphatic imine (C=N–C) groups is 1. The van der Waals surface area contributed by atoms with Gasteiger partial charge in [-0.2, -0.15) is 0 Å². The van der Waals surface area contributed by atoms with Gasteiger partial charge in [-0.15, -0.1) is 0 Å². The van der Waals surface area contributed by atoms with Gasteiger partial charge < -0.3 is 40.3 Å². The molecule has 1 saturated heterocycles. The van der Waals surface area contributed by atoms with Gasteiger partial charge in [0.25, 0.3) is 0 Å². The number of carbonyl (C=O) groups excluding carboxylic acids is 2. The van der Waals surface area contributed by atoms with Crippen LogP contribution in [0.3, 0.4) is 0 Å². The van der Waals surface area contributed by atoms with Gasteiger partial charge in [0, 0.05) is 55.4 Å². The fourth-order valence-electron chi connectivity index (χ4n) is 5.63. The van der Waals surface area contributed by atoms with Crippen LogP contribution in [0.25, 0.3) is 10.9 Å². The van der Waals surface area contributed by atoms with Crippen molar-refractivity contribution >= 4 is 45.8 Å². The van der Waals surface area contributed by atoms with Gasteiger partial charge in [-0.1, -0.05) is 66.7 Å². The number of aromatic amines is 1. The van der Waals surface area contributed by atoms with Gasteiger partial charge in [-0.05, 0) is 49.0 Å². The summed E-state index contributed by atoms with van der Waals surface area (Å²) >= 11 is 0. The number of H-pyrrole nitrogens is 1. The molecule has 5 aromatic rings. The lowest BCUT2D eigenvalue weighted by molar-refractivity contribution is -0.147. The normalized spacial score (nSPS) is 14.0. The van der Waals surface area contributed by atoms with Crippen LogP contribution in [0.2, 0.25) is 0 Å². The second kappa shape index (κ2) is 17.9. The summed E-state index contributed by atoms with van der Waals surface area (Å²) in [6.07, 6.45) is -1.41. The van der Waals surface area contributed by atoms with Crippen LogP contribution in [0.4, 0.5) is 11.4 Å². The molecule has 13 heteroatoms. The molecule has 0 saturated carbocycles. The lowest BCUT2D eigenvalue weighted by atomic mass is 10.00. The number of likely N-dealkylation sites (N-methyl/N-ethyl adjacent to an activating group) is 2. The number of aliphatic carboxylic acids is 1. The van der Waals surface area contributed by atoms with Crippen LogP contribution in [-0.2, 0) is 14.3 Å². The first kappa shape index (κ1) is 38.9. The van der Waals surface area contributed by atoms with E-state index in [0.29, 0.717) is 40.2 Å². The van der Waals surface area contributed by atoms with E-state index in [1.165, 1.54) is 7.11 Å². The average Bonchev–Trinajstić information content (AvgIpc) is 3.49. The topological polar surface area (TPSA) is 190 Å². The van der Waals surface area contributed by atoms with Gasteiger partial charge >= 0.3 is 11.9 Å². The van der Waals surface area contributed by atoms with E-state index in [0.717, 1.165) is 42.8 Å².